The predicted molar refractivity (Wildman–Crippen MR) is 60.5 cm³/mol. The van der Waals surface area contributed by atoms with Crippen molar-refractivity contribution in [2.75, 3.05) is 5.75 Å². The van der Waals surface area contributed by atoms with E-state index in [-0.39, 0.29) is 11.3 Å². The normalized spacial score (nSPS) is 14.4. The van der Waals surface area contributed by atoms with Crippen LogP contribution in [0.2, 0.25) is 0 Å². The summed E-state index contributed by atoms with van der Waals surface area (Å²) in [6.07, 6.45) is 0. The Balaban J connectivity index is 2.75. The van der Waals surface area contributed by atoms with Crippen molar-refractivity contribution in [2.24, 2.45) is 5.73 Å². The van der Waals surface area contributed by atoms with Crippen LogP contribution in [0, 0.1) is 6.92 Å². The van der Waals surface area contributed by atoms with Gasteiger partial charge in [-0.3, -0.25) is 9.59 Å². The van der Waals surface area contributed by atoms with E-state index in [0.717, 1.165) is 11.8 Å². The fourth-order valence-corrected chi connectivity index (χ4v) is 1.84. The van der Waals surface area contributed by atoms with Crippen LogP contribution in [0.25, 0.3) is 0 Å². The Labute approximate surface area is 96.3 Å². The monoisotopic (exact) mass is 243 g/mol. The Morgan fingerprint density at radius 3 is 2.88 bits per heavy atom. The second-order valence-electron chi connectivity index (χ2n) is 3.70. The molecule has 0 aliphatic heterocycles. The Hall–Kier alpha value is -1.34. The maximum Gasteiger partial charge on any atom is 0.324 e. The number of aliphatic carboxylic acids is 1. The third kappa shape index (κ3) is 3.35. The molecule has 88 valence electrons. The standard InChI is InChI=1S/C9H13N3O3S/c1-5-3-6(13)12-8(11-5)16-4-9(2,10)7(14)15/h3H,4,10H2,1-2H3,(H,14,15)(H,11,12,13). The number of carbonyl (C=O) groups is 1. The van der Waals surface area contributed by atoms with E-state index in [1.807, 2.05) is 0 Å². The molecule has 0 saturated carbocycles. The van der Waals surface area contributed by atoms with Crippen molar-refractivity contribution in [1.29, 1.82) is 0 Å². The van der Waals surface area contributed by atoms with Crippen LogP contribution in [0.5, 0.6) is 0 Å². The molecule has 0 aromatic carbocycles. The molecule has 0 spiro atoms. The van der Waals surface area contributed by atoms with Gasteiger partial charge in [0.25, 0.3) is 5.56 Å². The Kier molecular flexibility index (Phi) is 3.71. The van der Waals surface area contributed by atoms with Crippen molar-refractivity contribution in [1.82, 2.24) is 9.97 Å². The molecule has 0 saturated heterocycles. The average molecular weight is 243 g/mol. The lowest BCUT2D eigenvalue weighted by Gasteiger charge is -2.17. The van der Waals surface area contributed by atoms with Crippen LogP contribution in [0.4, 0.5) is 0 Å². The Morgan fingerprint density at radius 2 is 2.38 bits per heavy atom. The van der Waals surface area contributed by atoms with Gasteiger partial charge in [0.1, 0.15) is 5.54 Å². The lowest BCUT2D eigenvalue weighted by molar-refractivity contribution is -0.141. The SMILES string of the molecule is Cc1cc(=O)[nH]c(SCC(C)(N)C(=O)O)n1. The van der Waals surface area contributed by atoms with Gasteiger partial charge in [0.15, 0.2) is 5.16 Å². The summed E-state index contributed by atoms with van der Waals surface area (Å²) in [5, 5.41) is 9.18. The molecule has 0 bridgehead atoms. The molecule has 16 heavy (non-hydrogen) atoms. The number of hydrogen-bond donors (Lipinski definition) is 3. The van der Waals surface area contributed by atoms with E-state index in [2.05, 4.69) is 9.97 Å². The molecule has 0 amide bonds. The van der Waals surface area contributed by atoms with Crippen molar-refractivity contribution in [3.8, 4) is 0 Å². The molecule has 1 unspecified atom stereocenters. The maximum atomic E-state index is 11.1. The van der Waals surface area contributed by atoms with E-state index in [4.69, 9.17) is 10.8 Å². The van der Waals surface area contributed by atoms with E-state index in [1.54, 1.807) is 6.92 Å². The lowest BCUT2D eigenvalue weighted by atomic mass is 10.1. The van der Waals surface area contributed by atoms with Crippen LogP contribution in [0.15, 0.2) is 16.0 Å². The highest BCUT2D eigenvalue weighted by Gasteiger charge is 2.28. The van der Waals surface area contributed by atoms with E-state index >= 15 is 0 Å². The van der Waals surface area contributed by atoms with Crippen LogP contribution in [-0.2, 0) is 4.79 Å². The molecule has 4 N–H and O–H groups in total. The molecule has 0 aliphatic carbocycles. The van der Waals surface area contributed by atoms with E-state index < -0.39 is 11.5 Å². The van der Waals surface area contributed by atoms with E-state index in [9.17, 15) is 9.59 Å². The number of nitrogens with one attached hydrogen (secondary N) is 1. The number of aryl methyl sites for hydroxylation is 1. The maximum absolute atomic E-state index is 11.1. The fraction of sp³-hybridized carbons (Fsp3) is 0.444. The molecule has 6 nitrogen and oxygen atoms in total. The largest absolute Gasteiger partial charge is 0.480 e. The second-order valence-corrected chi connectivity index (χ2v) is 4.67. The predicted octanol–water partition coefficient (Wildman–Crippen LogP) is -0.0276. The third-order valence-electron chi connectivity index (χ3n) is 1.85. The van der Waals surface area contributed by atoms with Gasteiger partial charge in [0.2, 0.25) is 0 Å². The van der Waals surface area contributed by atoms with Gasteiger partial charge in [-0.05, 0) is 13.8 Å². The number of nitrogens with zero attached hydrogens (tertiary/aromatic N) is 1. The van der Waals surface area contributed by atoms with Gasteiger partial charge >= 0.3 is 5.97 Å². The first-order valence-electron chi connectivity index (χ1n) is 4.54. The topological polar surface area (TPSA) is 109 Å². The van der Waals surface area contributed by atoms with Gasteiger partial charge in [-0.1, -0.05) is 11.8 Å². The molecule has 0 fully saturated rings. The van der Waals surface area contributed by atoms with Crippen LogP contribution in [0.3, 0.4) is 0 Å². The number of carboxylic acid groups (broad SMARTS) is 1. The number of H-pyrrole nitrogens is 1. The van der Waals surface area contributed by atoms with Crippen molar-refractivity contribution < 1.29 is 9.90 Å². The smallest absolute Gasteiger partial charge is 0.324 e. The van der Waals surface area contributed by atoms with Crippen LogP contribution < -0.4 is 11.3 Å². The summed E-state index contributed by atoms with van der Waals surface area (Å²) in [6, 6.07) is 1.36. The average Bonchev–Trinajstić information content (AvgIpc) is 2.13. The quantitative estimate of drug-likeness (QED) is 0.506. The Bertz CT molecular complexity index is 456. The molecule has 0 radical (unpaired) electrons. The van der Waals surface area contributed by atoms with Gasteiger partial charge in [-0.25, -0.2) is 4.98 Å². The minimum atomic E-state index is -1.34. The second kappa shape index (κ2) is 4.67. The number of nitrogens with two attached hydrogens (primary N) is 1. The van der Waals surface area contributed by atoms with Gasteiger partial charge in [-0.2, -0.15) is 0 Å². The van der Waals surface area contributed by atoms with Crippen LogP contribution >= 0.6 is 11.8 Å². The van der Waals surface area contributed by atoms with Crippen LogP contribution in [-0.4, -0.2) is 32.3 Å². The van der Waals surface area contributed by atoms with Crippen molar-refractivity contribution >= 4 is 17.7 Å². The zero-order valence-electron chi connectivity index (χ0n) is 8.98. The summed E-state index contributed by atoms with van der Waals surface area (Å²) in [6.45, 7) is 3.11. The first-order valence-corrected chi connectivity index (χ1v) is 5.53. The number of aromatic amines is 1. The van der Waals surface area contributed by atoms with Crippen molar-refractivity contribution in [3.63, 3.8) is 0 Å². The summed E-state index contributed by atoms with van der Waals surface area (Å²) < 4.78 is 0. The zero-order valence-corrected chi connectivity index (χ0v) is 9.80. The zero-order chi connectivity index (χ0) is 12.3. The number of aromatic nitrogens is 2. The van der Waals surface area contributed by atoms with E-state index in [1.165, 1.54) is 13.0 Å². The molecule has 1 aromatic rings. The van der Waals surface area contributed by atoms with Crippen LogP contribution in [0.1, 0.15) is 12.6 Å². The molecular weight excluding hydrogens is 230 g/mol. The third-order valence-corrected chi connectivity index (χ3v) is 3.06. The molecule has 7 heteroatoms. The summed E-state index contributed by atoms with van der Waals surface area (Å²) >= 11 is 1.11. The molecule has 1 atom stereocenters. The summed E-state index contributed by atoms with van der Waals surface area (Å²) in [4.78, 5) is 28.4. The lowest BCUT2D eigenvalue weighted by Crippen LogP contribution is -2.47. The Morgan fingerprint density at radius 1 is 1.75 bits per heavy atom. The van der Waals surface area contributed by atoms with Gasteiger partial charge in [-0.15, -0.1) is 0 Å². The van der Waals surface area contributed by atoms with E-state index in [0.29, 0.717) is 10.9 Å². The highest BCUT2D eigenvalue weighted by Crippen LogP contribution is 2.17. The molecule has 1 rings (SSSR count). The molecule has 1 heterocycles. The fourth-order valence-electron chi connectivity index (χ4n) is 0.900. The minimum absolute atomic E-state index is 0.134. The van der Waals surface area contributed by atoms with Gasteiger partial charge < -0.3 is 15.8 Å². The number of thioether (sulfide) groups is 1. The minimum Gasteiger partial charge on any atom is -0.480 e. The van der Waals surface area contributed by atoms with Gasteiger partial charge in [0.05, 0.1) is 0 Å². The highest BCUT2D eigenvalue weighted by atomic mass is 32.2. The summed E-state index contributed by atoms with van der Waals surface area (Å²) in [5.41, 5.74) is 4.53. The van der Waals surface area contributed by atoms with Gasteiger partial charge in [0, 0.05) is 17.5 Å². The molecule has 0 aliphatic rings. The molecular formula is C9H13N3O3S. The number of rotatable bonds is 4. The van der Waals surface area contributed by atoms with Crippen molar-refractivity contribution in [3.05, 3.63) is 22.1 Å². The first-order chi connectivity index (χ1) is 7.31. The number of hydrogen-bond acceptors (Lipinski definition) is 5. The summed E-state index contributed by atoms with van der Waals surface area (Å²) in [7, 11) is 0. The number of carboxylic acids is 1. The molecule has 1 aromatic heterocycles. The summed E-state index contributed by atoms with van der Waals surface area (Å²) in [5.74, 6) is -0.954. The van der Waals surface area contributed by atoms with Crippen molar-refractivity contribution in [2.45, 2.75) is 24.5 Å². The first kappa shape index (κ1) is 12.7. The highest BCUT2D eigenvalue weighted by molar-refractivity contribution is 7.99.